The maximum absolute atomic E-state index is 14.8. The van der Waals surface area contributed by atoms with Crippen LogP contribution in [0.3, 0.4) is 0 Å². The number of hydrogen-bond donors (Lipinski definition) is 0. The molecule has 0 N–H and O–H groups in total. The molecule has 0 spiro atoms. The Kier molecular flexibility index (Phi) is 9.12. The maximum atomic E-state index is 14.8. The molecule has 5 rings (SSSR count). The van der Waals surface area contributed by atoms with Gasteiger partial charge >= 0.3 is 0 Å². The van der Waals surface area contributed by atoms with Crippen LogP contribution >= 0.6 is 35.0 Å². The fourth-order valence-corrected chi connectivity index (χ4v) is 9.27. The first-order valence-electron chi connectivity index (χ1n) is 13.8. The predicted molar refractivity (Wildman–Crippen MR) is 141 cm³/mol. The van der Waals surface area contributed by atoms with Gasteiger partial charge in [0.25, 0.3) is 0 Å². The van der Waals surface area contributed by atoms with Gasteiger partial charge in [0.2, 0.25) is 0 Å². The second-order valence-electron chi connectivity index (χ2n) is 11.4. The molecule has 0 amide bonds. The number of nitrogens with zero attached hydrogens (tertiary/aromatic N) is 2. The third-order valence-corrected chi connectivity index (χ3v) is 11.4. The van der Waals surface area contributed by atoms with E-state index in [9.17, 15) is 13.2 Å². The molecule has 9 heteroatoms. The van der Waals surface area contributed by atoms with E-state index in [-0.39, 0.29) is 30.4 Å². The van der Waals surface area contributed by atoms with Crippen molar-refractivity contribution in [3.63, 3.8) is 0 Å². The molecule has 1 heterocycles. The van der Waals surface area contributed by atoms with E-state index >= 15 is 0 Å². The fraction of sp³-hybridized carbons (Fsp3) is 0.889. The van der Waals surface area contributed by atoms with Crippen LogP contribution in [0, 0.1) is 11.8 Å². The number of rotatable bonds is 6. The SMILES string of the molecule is COC1CC(C2CCCc3nc(SCC4C(F)CCC(F)C4Cl)n(C4CCC(F)CC4)c32)CCC1Cl. The summed E-state index contributed by atoms with van der Waals surface area (Å²) >= 11 is 14.4. The number of imidazole rings is 1. The molecule has 36 heavy (non-hydrogen) atoms. The molecule has 3 nitrogen and oxygen atoms in total. The number of halogens is 5. The van der Waals surface area contributed by atoms with Crippen molar-refractivity contribution < 1.29 is 17.9 Å². The minimum Gasteiger partial charge on any atom is -0.380 e. The minimum absolute atomic E-state index is 0.0529. The molecule has 8 unspecified atom stereocenters. The van der Waals surface area contributed by atoms with Crippen LogP contribution in [0.15, 0.2) is 5.16 Å². The van der Waals surface area contributed by atoms with E-state index in [0.717, 1.165) is 62.2 Å². The lowest BCUT2D eigenvalue weighted by Crippen LogP contribution is -2.39. The lowest BCUT2D eigenvalue weighted by Gasteiger charge is -2.39. The zero-order valence-electron chi connectivity index (χ0n) is 21.1. The number of hydrogen-bond acceptors (Lipinski definition) is 3. The van der Waals surface area contributed by atoms with E-state index in [4.69, 9.17) is 32.9 Å². The molecule has 4 aliphatic carbocycles. The Labute approximate surface area is 227 Å². The molecule has 4 aliphatic rings. The van der Waals surface area contributed by atoms with Gasteiger partial charge in [-0.25, -0.2) is 18.2 Å². The van der Waals surface area contributed by atoms with E-state index in [2.05, 4.69) is 4.57 Å². The van der Waals surface area contributed by atoms with E-state index in [0.29, 0.717) is 30.4 Å². The standard InChI is InChI=1S/C27H39Cl2F3N2OS/c1-35-24-13-15(5-10-20(24)28)18-3-2-4-23-26(18)34(17-8-6-16(30)7-9-17)27(33-23)36-14-19-21(31)11-12-22(32)25(19)29/h15-22,24-25H,2-14H2,1H3. The average molecular weight is 568 g/mol. The van der Waals surface area contributed by atoms with Crippen LogP contribution in [0.25, 0.3) is 0 Å². The molecular formula is C27H39Cl2F3N2OS. The first-order valence-corrected chi connectivity index (χ1v) is 15.7. The number of fused-ring (bicyclic) bond motifs is 1. The van der Waals surface area contributed by atoms with Crippen molar-refractivity contribution in [2.75, 3.05) is 12.9 Å². The largest absolute Gasteiger partial charge is 0.380 e. The molecule has 0 aromatic carbocycles. The van der Waals surface area contributed by atoms with Gasteiger partial charge in [0.05, 0.1) is 22.6 Å². The van der Waals surface area contributed by atoms with Gasteiger partial charge in [-0.2, -0.15) is 0 Å². The van der Waals surface area contributed by atoms with Gasteiger partial charge in [-0.05, 0) is 83.0 Å². The van der Waals surface area contributed by atoms with Gasteiger partial charge in [0.1, 0.15) is 18.5 Å². The zero-order valence-corrected chi connectivity index (χ0v) is 23.4. The summed E-state index contributed by atoms with van der Waals surface area (Å²) in [6.07, 6.45) is 6.31. The Morgan fingerprint density at radius 2 is 1.72 bits per heavy atom. The third kappa shape index (κ3) is 5.60. The Bertz CT molecular complexity index is 883. The van der Waals surface area contributed by atoms with Gasteiger partial charge in [-0.15, -0.1) is 23.2 Å². The van der Waals surface area contributed by atoms with Crippen LogP contribution in [0.4, 0.5) is 13.2 Å². The highest BCUT2D eigenvalue weighted by molar-refractivity contribution is 7.99. The molecule has 3 fully saturated rings. The summed E-state index contributed by atoms with van der Waals surface area (Å²) in [6, 6.07) is 0.201. The Hall–Kier alpha value is -0.110. The van der Waals surface area contributed by atoms with Crippen LogP contribution in [-0.4, -0.2) is 57.8 Å². The average Bonchev–Trinajstić information content (AvgIpc) is 3.26. The van der Waals surface area contributed by atoms with Crippen molar-refractivity contribution in [2.45, 2.75) is 130 Å². The number of methoxy groups -OCH3 is 1. The van der Waals surface area contributed by atoms with Crippen LogP contribution < -0.4 is 0 Å². The van der Waals surface area contributed by atoms with Crippen molar-refractivity contribution >= 4 is 35.0 Å². The molecule has 8 atom stereocenters. The summed E-state index contributed by atoms with van der Waals surface area (Å²) in [6.45, 7) is 0. The van der Waals surface area contributed by atoms with Gasteiger partial charge in [0.15, 0.2) is 5.16 Å². The van der Waals surface area contributed by atoms with Crippen molar-refractivity contribution in [3.05, 3.63) is 11.4 Å². The smallest absolute Gasteiger partial charge is 0.168 e. The van der Waals surface area contributed by atoms with Crippen LogP contribution in [-0.2, 0) is 11.2 Å². The maximum Gasteiger partial charge on any atom is 0.168 e. The number of alkyl halides is 5. The van der Waals surface area contributed by atoms with Gasteiger partial charge in [-0.1, -0.05) is 11.8 Å². The van der Waals surface area contributed by atoms with Gasteiger partial charge < -0.3 is 9.30 Å². The Morgan fingerprint density at radius 1 is 0.972 bits per heavy atom. The highest BCUT2D eigenvalue weighted by Crippen LogP contribution is 2.48. The Balaban J connectivity index is 1.44. The van der Waals surface area contributed by atoms with Crippen LogP contribution in [0.1, 0.15) is 94.0 Å². The molecule has 0 bridgehead atoms. The summed E-state index contributed by atoms with van der Waals surface area (Å²) in [5.41, 5.74) is 2.45. The van der Waals surface area contributed by atoms with Crippen molar-refractivity contribution in [2.24, 2.45) is 11.8 Å². The lowest BCUT2D eigenvalue weighted by atomic mass is 9.72. The van der Waals surface area contributed by atoms with Crippen LogP contribution in [0.5, 0.6) is 0 Å². The minimum atomic E-state index is -1.16. The molecule has 1 aromatic heterocycles. The van der Waals surface area contributed by atoms with E-state index < -0.39 is 29.8 Å². The quantitative estimate of drug-likeness (QED) is 0.258. The molecule has 0 radical (unpaired) electrons. The first-order chi connectivity index (χ1) is 17.4. The molecule has 3 saturated carbocycles. The predicted octanol–water partition coefficient (Wildman–Crippen LogP) is 7.96. The zero-order chi connectivity index (χ0) is 25.4. The highest BCUT2D eigenvalue weighted by Gasteiger charge is 2.42. The Morgan fingerprint density at radius 3 is 2.47 bits per heavy atom. The lowest BCUT2D eigenvalue weighted by molar-refractivity contribution is 0.0457. The summed E-state index contributed by atoms with van der Waals surface area (Å²) in [7, 11) is 1.75. The number of aromatic nitrogens is 2. The second kappa shape index (κ2) is 12.0. The number of aryl methyl sites for hydroxylation is 1. The first kappa shape index (κ1) is 27.5. The summed E-state index contributed by atoms with van der Waals surface area (Å²) < 4.78 is 51.3. The third-order valence-electron chi connectivity index (χ3n) is 9.23. The van der Waals surface area contributed by atoms with E-state index in [1.807, 2.05) is 0 Å². The molecule has 204 valence electrons. The monoisotopic (exact) mass is 566 g/mol. The normalized spacial score (nSPS) is 41.7. The molecule has 0 saturated heterocycles. The summed E-state index contributed by atoms with van der Waals surface area (Å²) in [5, 5.41) is 0.142. The van der Waals surface area contributed by atoms with Crippen molar-refractivity contribution in [3.8, 4) is 0 Å². The van der Waals surface area contributed by atoms with Crippen LogP contribution in [0.2, 0.25) is 0 Å². The molecular weight excluding hydrogens is 528 g/mol. The van der Waals surface area contributed by atoms with Crippen molar-refractivity contribution in [1.82, 2.24) is 9.55 Å². The number of ether oxygens (including phenoxy) is 1. The van der Waals surface area contributed by atoms with Crippen molar-refractivity contribution in [1.29, 1.82) is 0 Å². The van der Waals surface area contributed by atoms with E-state index in [1.54, 1.807) is 7.11 Å². The fourth-order valence-electron chi connectivity index (χ4n) is 7.14. The van der Waals surface area contributed by atoms with Gasteiger partial charge in [-0.3, -0.25) is 0 Å². The highest BCUT2D eigenvalue weighted by atomic mass is 35.5. The van der Waals surface area contributed by atoms with E-state index in [1.165, 1.54) is 17.5 Å². The second-order valence-corrected chi connectivity index (χ2v) is 13.4. The topological polar surface area (TPSA) is 27.1 Å². The number of thioether (sulfide) groups is 1. The molecule has 1 aromatic rings. The summed E-state index contributed by atoms with van der Waals surface area (Å²) in [5.74, 6) is 0.738. The van der Waals surface area contributed by atoms with Gasteiger partial charge in [0, 0.05) is 36.4 Å². The summed E-state index contributed by atoms with van der Waals surface area (Å²) in [4.78, 5) is 5.11. The molecule has 0 aliphatic heterocycles.